The first kappa shape index (κ1) is 16.2. The molecule has 0 saturated carbocycles. The third-order valence-corrected chi connectivity index (χ3v) is 3.34. The van der Waals surface area contributed by atoms with Crippen LogP contribution >= 0.6 is 0 Å². The van der Waals surface area contributed by atoms with Gasteiger partial charge in [-0.2, -0.15) is 0 Å². The molecule has 20 heavy (non-hydrogen) atoms. The molecular formula is C16H23NO3. The van der Waals surface area contributed by atoms with Crippen LogP contribution in [0.2, 0.25) is 0 Å². The molecule has 0 aromatic heterocycles. The summed E-state index contributed by atoms with van der Waals surface area (Å²) in [6.07, 6.45) is 1.32. The van der Waals surface area contributed by atoms with Gasteiger partial charge in [0.15, 0.2) is 0 Å². The second-order valence-electron chi connectivity index (χ2n) is 5.27. The molecule has 0 aliphatic rings. The van der Waals surface area contributed by atoms with Crippen LogP contribution in [0, 0.1) is 0 Å². The van der Waals surface area contributed by atoms with Crippen LogP contribution in [0.3, 0.4) is 0 Å². The number of nitrogens with one attached hydrogen (secondary N) is 1. The molecule has 2 N–H and O–H groups in total. The van der Waals surface area contributed by atoms with Crippen LogP contribution in [0.15, 0.2) is 24.3 Å². The highest BCUT2D eigenvalue weighted by Crippen LogP contribution is 2.19. The van der Waals surface area contributed by atoms with Gasteiger partial charge in [-0.05, 0) is 30.4 Å². The molecule has 1 aromatic rings. The topological polar surface area (TPSA) is 66.4 Å². The zero-order chi connectivity index (χ0) is 15.1. The van der Waals surface area contributed by atoms with E-state index in [2.05, 4.69) is 36.5 Å². The van der Waals surface area contributed by atoms with E-state index >= 15 is 0 Å². The molecule has 0 bridgehead atoms. The van der Waals surface area contributed by atoms with Gasteiger partial charge in [0.25, 0.3) is 0 Å². The van der Waals surface area contributed by atoms with Gasteiger partial charge in [-0.25, -0.2) is 0 Å². The molecule has 0 spiro atoms. The third-order valence-electron chi connectivity index (χ3n) is 3.34. The number of carboxylic acids is 1. The Morgan fingerprint density at radius 1 is 1.15 bits per heavy atom. The van der Waals surface area contributed by atoms with E-state index in [1.165, 1.54) is 5.56 Å². The fourth-order valence-corrected chi connectivity index (χ4v) is 2.12. The standard InChI is InChI=1S/C16H23NO3/c1-4-13-5-7-14(8-6-13)11(2)9-15(18)17-12(3)10-16(19)20/h5-8,11-12H,4,9-10H2,1-3H3,(H,17,18)(H,19,20). The number of hydrogen-bond acceptors (Lipinski definition) is 2. The van der Waals surface area contributed by atoms with E-state index < -0.39 is 5.97 Å². The Kier molecular flexibility index (Phi) is 6.22. The Labute approximate surface area is 120 Å². The predicted molar refractivity (Wildman–Crippen MR) is 78.7 cm³/mol. The summed E-state index contributed by atoms with van der Waals surface area (Å²) in [5.74, 6) is -0.884. The molecule has 0 aliphatic heterocycles. The average molecular weight is 277 g/mol. The van der Waals surface area contributed by atoms with Crippen molar-refractivity contribution in [3.05, 3.63) is 35.4 Å². The van der Waals surface area contributed by atoms with Gasteiger partial charge in [0.05, 0.1) is 6.42 Å². The molecule has 2 atom stereocenters. The molecule has 0 heterocycles. The second-order valence-corrected chi connectivity index (χ2v) is 5.27. The predicted octanol–water partition coefficient (Wildman–Crippen LogP) is 2.72. The van der Waals surface area contributed by atoms with Crippen molar-refractivity contribution in [2.45, 2.75) is 52.0 Å². The summed E-state index contributed by atoms with van der Waals surface area (Å²) < 4.78 is 0. The fourth-order valence-electron chi connectivity index (χ4n) is 2.12. The first-order chi connectivity index (χ1) is 9.42. The van der Waals surface area contributed by atoms with E-state index in [-0.39, 0.29) is 24.3 Å². The summed E-state index contributed by atoms with van der Waals surface area (Å²) in [6, 6.07) is 7.93. The number of aliphatic carboxylic acids is 1. The molecule has 0 saturated heterocycles. The Balaban J connectivity index is 2.49. The number of hydrogen-bond donors (Lipinski definition) is 2. The first-order valence-corrected chi connectivity index (χ1v) is 7.02. The van der Waals surface area contributed by atoms with Crippen molar-refractivity contribution in [1.82, 2.24) is 5.32 Å². The lowest BCUT2D eigenvalue weighted by molar-refractivity contribution is -0.137. The summed E-state index contributed by atoms with van der Waals surface area (Å²) in [5, 5.41) is 11.4. The van der Waals surface area contributed by atoms with Gasteiger partial charge >= 0.3 is 5.97 Å². The molecular weight excluding hydrogens is 254 g/mol. The van der Waals surface area contributed by atoms with Crippen LogP contribution in [0.1, 0.15) is 50.7 Å². The normalized spacial score (nSPS) is 13.6. The van der Waals surface area contributed by atoms with Crippen LogP contribution in [0.4, 0.5) is 0 Å². The Morgan fingerprint density at radius 3 is 2.25 bits per heavy atom. The number of benzene rings is 1. The largest absolute Gasteiger partial charge is 0.481 e. The van der Waals surface area contributed by atoms with Crippen LogP contribution in [-0.4, -0.2) is 23.0 Å². The zero-order valence-electron chi connectivity index (χ0n) is 12.3. The number of amides is 1. The second kappa shape index (κ2) is 7.68. The van der Waals surface area contributed by atoms with Crippen molar-refractivity contribution < 1.29 is 14.7 Å². The van der Waals surface area contributed by atoms with E-state index in [1.807, 2.05) is 6.92 Å². The van der Waals surface area contributed by atoms with Crippen molar-refractivity contribution in [1.29, 1.82) is 0 Å². The lowest BCUT2D eigenvalue weighted by Gasteiger charge is -2.15. The quantitative estimate of drug-likeness (QED) is 0.805. The average Bonchev–Trinajstić information content (AvgIpc) is 2.37. The number of rotatable bonds is 7. The molecule has 0 radical (unpaired) electrons. The molecule has 1 aromatic carbocycles. The van der Waals surface area contributed by atoms with Crippen LogP contribution in [0.25, 0.3) is 0 Å². The minimum atomic E-state index is -0.902. The van der Waals surface area contributed by atoms with E-state index in [4.69, 9.17) is 5.11 Å². The zero-order valence-corrected chi connectivity index (χ0v) is 12.3. The smallest absolute Gasteiger partial charge is 0.305 e. The van der Waals surface area contributed by atoms with Crippen molar-refractivity contribution in [2.75, 3.05) is 0 Å². The molecule has 4 heteroatoms. The fraction of sp³-hybridized carbons (Fsp3) is 0.500. The molecule has 4 nitrogen and oxygen atoms in total. The van der Waals surface area contributed by atoms with Gasteiger partial charge in [0, 0.05) is 12.5 Å². The summed E-state index contributed by atoms with van der Waals surface area (Å²) in [5.41, 5.74) is 2.41. The van der Waals surface area contributed by atoms with E-state index in [0.717, 1.165) is 12.0 Å². The SMILES string of the molecule is CCc1ccc(C(C)CC(=O)NC(C)CC(=O)O)cc1. The maximum Gasteiger partial charge on any atom is 0.305 e. The molecule has 0 fully saturated rings. The monoisotopic (exact) mass is 277 g/mol. The Morgan fingerprint density at radius 2 is 1.75 bits per heavy atom. The summed E-state index contributed by atoms with van der Waals surface area (Å²) >= 11 is 0. The van der Waals surface area contributed by atoms with E-state index in [0.29, 0.717) is 6.42 Å². The van der Waals surface area contributed by atoms with E-state index in [1.54, 1.807) is 6.92 Å². The number of aryl methyl sites for hydroxylation is 1. The minimum absolute atomic E-state index is 0.0503. The van der Waals surface area contributed by atoms with Crippen LogP contribution in [0.5, 0.6) is 0 Å². The highest BCUT2D eigenvalue weighted by molar-refractivity contribution is 5.78. The van der Waals surface area contributed by atoms with Crippen LogP contribution in [-0.2, 0) is 16.0 Å². The van der Waals surface area contributed by atoms with Gasteiger partial charge < -0.3 is 10.4 Å². The van der Waals surface area contributed by atoms with Gasteiger partial charge in [0.1, 0.15) is 0 Å². The molecule has 1 rings (SSSR count). The molecule has 0 aliphatic carbocycles. The van der Waals surface area contributed by atoms with Crippen LogP contribution < -0.4 is 5.32 Å². The maximum atomic E-state index is 11.8. The summed E-state index contributed by atoms with van der Waals surface area (Å²) in [4.78, 5) is 22.4. The van der Waals surface area contributed by atoms with Crippen molar-refractivity contribution in [2.24, 2.45) is 0 Å². The number of carboxylic acid groups (broad SMARTS) is 1. The van der Waals surface area contributed by atoms with Gasteiger partial charge in [-0.3, -0.25) is 9.59 Å². The Hall–Kier alpha value is -1.84. The number of carbonyl (C=O) groups excluding carboxylic acids is 1. The van der Waals surface area contributed by atoms with Gasteiger partial charge in [-0.15, -0.1) is 0 Å². The molecule has 2 unspecified atom stereocenters. The highest BCUT2D eigenvalue weighted by atomic mass is 16.4. The number of carbonyl (C=O) groups is 2. The van der Waals surface area contributed by atoms with E-state index in [9.17, 15) is 9.59 Å². The van der Waals surface area contributed by atoms with Gasteiger partial charge in [0.2, 0.25) is 5.91 Å². The summed E-state index contributed by atoms with van der Waals surface area (Å²) in [6.45, 7) is 5.81. The molecule has 1 amide bonds. The first-order valence-electron chi connectivity index (χ1n) is 7.02. The van der Waals surface area contributed by atoms with Gasteiger partial charge in [-0.1, -0.05) is 38.1 Å². The minimum Gasteiger partial charge on any atom is -0.481 e. The third kappa shape index (κ3) is 5.43. The Bertz CT molecular complexity index is 453. The van der Waals surface area contributed by atoms with Crippen molar-refractivity contribution in [3.63, 3.8) is 0 Å². The lowest BCUT2D eigenvalue weighted by atomic mass is 9.96. The maximum absolute atomic E-state index is 11.8. The van der Waals surface area contributed by atoms with Crippen molar-refractivity contribution in [3.8, 4) is 0 Å². The lowest BCUT2D eigenvalue weighted by Crippen LogP contribution is -2.34. The van der Waals surface area contributed by atoms with Crippen molar-refractivity contribution >= 4 is 11.9 Å². The highest BCUT2D eigenvalue weighted by Gasteiger charge is 2.14. The summed E-state index contributed by atoms with van der Waals surface area (Å²) in [7, 11) is 0. The molecule has 110 valence electrons.